The maximum atomic E-state index is 11.7. The van der Waals surface area contributed by atoms with Crippen LogP contribution in [-0.2, 0) is 11.2 Å². The van der Waals surface area contributed by atoms with Crippen LogP contribution in [-0.4, -0.2) is 37.5 Å². The Kier molecular flexibility index (Phi) is 2.55. The second kappa shape index (κ2) is 3.99. The van der Waals surface area contributed by atoms with E-state index in [1.807, 2.05) is 7.05 Å². The number of fused-ring (bicyclic) bond motifs is 1. The van der Waals surface area contributed by atoms with E-state index in [9.17, 15) is 4.79 Å². The normalized spacial score (nSPS) is 26.9. The van der Waals surface area contributed by atoms with Gasteiger partial charge in [-0.15, -0.1) is 0 Å². The highest BCUT2D eigenvalue weighted by Crippen LogP contribution is 2.35. The molecular weight excluding hydrogens is 226 g/mol. The van der Waals surface area contributed by atoms with Gasteiger partial charge in [-0.3, -0.25) is 4.79 Å². The van der Waals surface area contributed by atoms with Gasteiger partial charge in [0.25, 0.3) is 0 Å². The first-order chi connectivity index (χ1) is 8.58. The first-order valence-corrected chi connectivity index (χ1v) is 6.43. The van der Waals surface area contributed by atoms with Gasteiger partial charge >= 0.3 is 0 Å². The summed E-state index contributed by atoms with van der Waals surface area (Å²) in [5.41, 5.74) is 9.94. The number of rotatable bonds is 1. The van der Waals surface area contributed by atoms with Crippen LogP contribution in [0.3, 0.4) is 0 Å². The number of benzene rings is 1. The number of hydrogen-bond donors (Lipinski definition) is 1. The van der Waals surface area contributed by atoms with Crippen molar-refractivity contribution < 1.29 is 4.79 Å². The zero-order valence-corrected chi connectivity index (χ0v) is 10.9. The van der Waals surface area contributed by atoms with Crippen LogP contribution in [0, 0.1) is 0 Å². The maximum absolute atomic E-state index is 11.7. The third-order valence-corrected chi connectivity index (χ3v) is 4.20. The van der Waals surface area contributed by atoms with Crippen molar-refractivity contribution in [2.45, 2.75) is 24.9 Å². The zero-order valence-electron chi connectivity index (χ0n) is 10.9. The second-order valence-corrected chi connectivity index (χ2v) is 5.38. The molecule has 2 heterocycles. The molecule has 2 unspecified atom stereocenters. The summed E-state index contributed by atoms with van der Waals surface area (Å²) in [5, 5.41) is 0. The Hall–Kier alpha value is -1.55. The third kappa shape index (κ3) is 1.60. The van der Waals surface area contributed by atoms with Crippen molar-refractivity contribution in [1.82, 2.24) is 4.90 Å². The maximum Gasteiger partial charge on any atom is 0.224 e. The van der Waals surface area contributed by atoms with E-state index >= 15 is 0 Å². The molecule has 0 aromatic heterocycles. The van der Waals surface area contributed by atoms with E-state index in [-0.39, 0.29) is 18.0 Å². The topological polar surface area (TPSA) is 49.6 Å². The van der Waals surface area contributed by atoms with Crippen LogP contribution >= 0.6 is 0 Å². The second-order valence-electron chi connectivity index (χ2n) is 5.38. The quantitative estimate of drug-likeness (QED) is 0.800. The first-order valence-electron chi connectivity index (χ1n) is 6.43. The average Bonchev–Trinajstić information content (AvgIpc) is 2.81. The number of nitrogens with zero attached hydrogens (tertiary/aromatic N) is 2. The van der Waals surface area contributed by atoms with Crippen LogP contribution in [0.25, 0.3) is 0 Å². The number of nitrogens with two attached hydrogens (primary N) is 1. The highest BCUT2D eigenvalue weighted by molar-refractivity contribution is 5.80. The van der Waals surface area contributed by atoms with Gasteiger partial charge in [-0.2, -0.15) is 0 Å². The molecule has 4 heteroatoms. The zero-order chi connectivity index (χ0) is 12.9. The van der Waals surface area contributed by atoms with E-state index < -0.39 is 0 Å². The molecule has 0 radical (unpaired) electrons. The summed E-state index contributed by atoms with van der Waals surface area (Å²) < 4.78 is 0. The summed E-state index contributed by atoms with van der Waals surface area (Å²) in [5.74, 6) is 0.144. The fourth-order valence-electron chi connectivity index (χ4n) is 3.14. The van der Waals surface area contributed by atoms with Gasteiger partial charge in [0.15, 0.2) is 0 Å². The van der Waals surface area contributed by atoms with Gasteiger partial charge in [0.05, 0.1) is 6.04 Å². The largest absolute Gasteiger partial charge is 0.374 e. The van der Waals surface area contributed by atoms with Gasteiger partial charge in [0, 0.05) is 38.8 Å². The van der Waals surface area contributed by atoms with Crippen molar-refractivity contribution in [1.29, 1.82) is 0 Å². The molecule has 0 saturated carbocycles. The average molecular weight is 245 g/mol. The molecule has 1 amide bonds. The van der Waals surface area contributed by atoms with Crippen molar-refractivity contribution in [2.75, 3.05) is 25.5 Å². The van der Waals surface area contributed by atoms with Crippen LogP contribution < -0.4 is 10.6 Å². The van der Waals surface area contributed by atoms with Crippen LogP contribution in [0.2, 0.25) is 0 Å². The molecular formula is C14H19N3O. The number of likely N-dealkylation sites (N-methyl/N-ethyl adjacent to an activating group) is 2. The van der Waals surface area contributed by atoms with Gasteiger partial charge in [0.1, 0.15) is 0 Å². The number of likely N-dealkylation sites (tertiary alicyclic amines) is 1. The molecule has 4 nitrogen and oxygen atoms in total. The molecule has 2 aliphatic heterocycles. The smallest absolute Gasteiger partial charge is 0.224 e. The molecule has 1 aromatic carbocycles. The van der Waals surface area contributed by atoms with Gasteiger partial charge in [-0.25, -0.2) is 0 Å². The lowest BCUT2D eigenvalue weighted by atomic mass is 9.98. The molecule has 2 aliphatic rings. The molecule has 2 atom stereocenters. The van der Waals surface area contributed by atoms with Crippen molar-refractivity contribution in [3.8, 4) is 0 Å². The predicted molar refractivity (Wildman–Crippen MR) is 71.5 cm³/mol. The number of hydrogen-bond acceptors (Lipinski definition) is 3. The summed E-state index contributed by atoms with van der Waals surface area (Å²) in [6.45, 7) is 1.07. The highest BCUT2D eigenvalue weighted by Gasteiger charge is 2.36. The molecule has 2 N–H and O–H groups in total. The van der Waals surface area contributed by atoms with Crippen molar-refractivity contribution in [2.24, 2.45) is 5.73 Å². The van der Waals surface area contributed by atoms with Gasteiger partial charge in [-0.05, 0) is 23.6 Å². The Morgan fingerprint density at radius 2 is 2.11 bits per heavy atom. The molecule has 1 fully saturated rings. The monoisotopic (exact) mass is 245 g/mol. The summed E-state index contributed by atoms with van der Waals surface area (Å²) in [6.07, 6.45) is 1.54. The third-order valence-electron chi connectivity index (χ3n) is 4.20. The van der Waals surface area contributed by atoms with Crippen molar-refractivity contribution in [3.63, 3.8) is 0 Å². The van der Waals surface area contributed by atoms with Crippen LogP contribution in [0.1, 0.15) is 23.6 Å². The molecule has 0 spiro atoms. The Labute approximate surface area is 107 Å². The Morgan fingerprint density at radius 3 is 2.78 bits per heavy atom. The lowest BCUT2D eigenvalue weighted by Gasteiger charge is -2.24. The first kappa shape index (κ1) is 11.5. The van der Waals surface area contributed by atoms with Gasteiger partial charge in [-0.1, -0.05) is 12.1 Å². The van der Waals surface area contributed by atoms with Gasteiger partial charge < -0.3 is 15.5 Å². The van der Waals surface area contributed by atoms with E-state index in [4.69, 9.17) is 5.73 Å². The van der Waals surface area contributed by atoms with Crippen LogP contribution in [0.4, 0.5) is 5.69 Å². The molecule has 0 aliphatic carbocycles. The number of anilines is 1. The predicted octanol–water partition coefficient (Wildman–Crippen LogP) is 0.909. The fourth-order valence-corrected chi connectivity index (χ4v) is 3.14. The van der Waals surface area contributed by atoms with E-state index in [1.54, 1.807) is 4.90 Å². The fraction of sp³-hybridized carbons (Fsp3) is 0.500. The number of amides is 1. The molecule has 3 rings (SSSR count). The van der Waals surface area contributed by atoms with E-state index in [2.05, 4.69) is 30.1 Å². The molecule has 0 bridgehead atoms. The minimum atomic E-state index is -0.0836. The van der Waals surface area contributed by atoms with Gasteiger partial charge in [0.2, 0.25) is 5.91 Å². The summed E-state index contributed by atoms with van der Waals surface area (Å²) in [6, 6.07) is 6.44. The Bertz CT molecular complexity index is 500. The lowest BCUT2D eigenvalue weighted by Crippen LogP contribution is -2.30. The summed E-state index contributed by atoms with van der Waals surface area (Å²) in [7, 11) is 3.96. The molecule has 1 saturated heterocycles. The minimum Gasteiger partial charge on any atom is -0.374 e. The van der Waals surface area contributed by atoms with Crippen molar-refractivity contribution in [3.05, 3.63) is 29.3 Å². The molecule has 96 valence electrons. The van der Waals surface area contributed by atoms with E-state index in [0.29, 0.717) is 6.42 Å². The number of carbonyl (C=O) groups excluding carboxylic acids is 1. The standard InChI is InChI=1S/C14H19N3O/c1-16-6-5-9-7-10(3-4-12(9)16)14-11(15)8-13(18)17(14)2/h3-4,7,11,14H,5-6,8,15H2,1-2H3. The van der Waals surface area contributed by atoms with Crippen LogP contribution in [0.5, 0.6) is 0 Å². The van der Waals surface area contributed by atoms with Crippen molar-refractivity contribution >= 4 is 11.6 Å². The Morgan fingerprint density at radius 1 is 1.33 bits per heavy atom. The summed E-state index contributed by atoms with van der Waals surface area (Å²) in [4.78, 5) is 15.7. The summed E-state index contributed by atoms with van der Waals surface area (Å²) >= 11 is 0. The van der Waals surface area contributed by atoms with Crippen LogP contribution in [0.15, 0.2) is 18.2 Å². The van der Waals surface area contributed by atoms with E-state index in [0.717, 1.165) is 13.0 Å². The SMILES string of the molecule is CN1CCc2cc(C3C(N)CC(=O)N3C)ccc21. The Balaban J connectivity index is 1.96. The highest BCUT2D eigenvalue weighted by atomic mass is 16.2. The lowest BCUT2D eigenvalue weighted by molar-refractivity contribution is -0.127. The van der Waals surface area contributed by atoms with E-state index in [1.165, 1.54) is 16.8 Å². The molecule has 18 heavy (non-hydrogen) atoms. The number of carbonyl (C=O) groups is 1. The molecule has 1 aromatic rings. The minimum absolute atomic E-state index is 0.0358.